The van der Waals surface area contributed by atoms with E-state index >= 15 is 0 Å². The summed E-state index contributed by atoms with van der Waals surface area (Å²) in [6.07, 6.45) is 3.97. The summed E-state index contributed by atoms with van der Waals surface area (Å²) >= 11 is 15.9. The topological polar surface area (TPSA) is 38.1 Å². The van der Waals surface area contributed by atoms with Crippen molar-refractivity contribution in [2.45, 2.75) is 38.6 Å². The lowest BCUT2D eigenvalue weighted by molar-refractivity contribution is -0.125. The van der Waals surface area contributed by atoms with Gasteiger partial charge in [-0.1, -0.05) is 64.6 Å². The summed E-state index contributed by atoms with van der Waals surface area (Å²) in [5.41, 5.74) is 1.94. The van der Waals surface area contributed by atoms with Crippen LogP contribution in [-0.2, 0) is 16.8 Å². The zero-order chi connectivity index (χ0) is 20.8. The van der Waals surface area contributed by atoms with Gasteiger partial charge in [0.15, 0.2) is 0 Å². The number of imidazole rings is 1. The van der Waals surface area contributed by atoms with Crippen LogP contribution in [0, 0.1) is 6.92 Å². The molecule has 0 saturated heterocycles. The van der Waals surface area contributed by atoms with Gasteiger partial charge in [-0.15, -0.1) is 0 Å². The highest BCUT2D eigenvalue weighted by Crippen LogP contribution is 2.45. The maximum absolute atomic E-state index is 14.0. The largest absolute Gasteiger partial charge is 0.298 e. The first-order valence-corrected chi connectivity index (χ1v) is 11.0. The van der Waals surface area contributed by atoms with E-state index in [-0.39, 0.29) is 5.91 Å². The summed E-state index contributed by atoms with van der Waals surface area (Å²) in [6.45, 7) is 4.09. The Morgan fingerprint density at radius 1 is 1.10 bits per heavy atom. The lowest BCUT2D eigenvalue weighted by Crippen LogP contribution is -2.44. The number of carbonyl (C=O) groups excluding carboxylic acids is 1. The number of hydrogen-bond acceptors (Lipinski definition) is 2. The highest BCUT2D eigenvalue weighted by atomic mass is 79.9. The number of anilines is 2. The first kappa shape index (κ1) is 20.5. The average Bonchev–Trinajstić information content (AvgIpc) is 3.14. The van der Waals surface area contributed by atoms with Crippen LogP contribution in [0.1, 0.15) is 31.0 Å². The minimum Gasteiger partial charge on any atom is -0.298 e. The number of fused-ring (bicyclic) bond motifs is 1. The smallest absolute Gasteiger partial charge is 0.260 e. The quantitative estimate of drug-likeness (QED) is 0.398. The molecule has 0 saturated carbocycles. The molecule has 150 valence electrons. The van der Waals surface area contributed by atoms with Gasteiger partial charge < -0.3 is 0 Å². The van der Waals surface area contributed by atoms with Crippen LogP contribution in [0.25, 0.3) is 0 Å². The molecule has 1 aromatic heterocycles. The van der Waals surface area contributed by atoms with Gasteiger partial charge in [-0.25, -0.2) is 9.88 Å². The third-order valence-corrected chi connectivity index (χ3v) is 6.29. The molecule has 1 amide bonds. The summed E-state index contributed by atoms with van der Waals surface area (Å²) in [5, 5.41) is 0.965. The molecule has 0 bridgehead atoms. The van der Waals surface area contributed by atoms with Crippen molar-refractivity contribution in [3.63, 3.8) is 0 Å². The SMILES string of the molecule is CCCC1(Cc2ccc(Br)cc2)C(=O)N(c2cc(Cl)cc(Cl)c2)c2ncc(C)n21. The Kier molecular flexibility index (Phi) is 5.49. The molecule has 0 fully saturated rings. The van der Waals surface area contributed by atoms with E-state index < -0.39 is 5.54 Å². The molecule has 7 heteroatoms. The third kappa shape index (κ3) is 3.49. The van der Waals surface area contributed by atoms with Gasteiger partial charge in [0, 0.05) is 26.6 Å². The second kappa shape index (κ2) is 7.78. The minimum atomic E-state index is -0.743. The van der Waals surface area contributed by atoms with E-state index in [0.717, 1.165) is 22.2 Å². The van der Waals surface area contributed by atoms with Crippen molar-refractivity contribution < 1.29 is 4.79 Å². The van der Waals surface area contributed by atoms with Gasteiger partial charge >= 0.3 is 0 Å². The number of benzene rings is 2. The predicted octanol–water partition coefficient (Wildman–Crippen LogP) is 6.68. The molecular weight excluding hydrogens is 473 g/mol. The molecular formula is C22H20BrCl2N3O. The van der Waals surface area contributed by atoms with Gasteiger partial charge in [-0.05, 0) is 49.2 Å². The molecule has 1 unspecified atom stereocenters. The van der Waals surface area contributed by atoms with Gasteiger partial charge in [-0.2, -0.15) is 0 Å². The number of carbonyl (C=O) groups is 1. The van der Waals surface area contributed by atoms with Crippen molar-refractivity contribution in [2.24, 2.45) is 0 Å². The van der Waals surface area contributed by atoms with E-state index in [9.17, 15) is 4.79 Å². The van der Waals surface area contributed by atoms with Crippen LogP contribution in [0.2, 0.25) is 10.0 Å². The molecule has 1 aliphatic rings. The fraction of sp³-hybridized carbons (Fsp3) is 0.273. The molecule has 0 spiro atoms. The summed E-state index contributed by atoms with van der Waals surface area (Å²) in [6, 6.07) is 13.3. The van der Waals surface area contributed by atoms with E-state index in [2.05, 4.69) is 44.5 Å². The van der Waals surface area contributed by atoms with Gasteiger partial charge in [0.1, 0.15) is 5.54 Å². The molecule has 1 atom stereocenters. The molecule has 2 heterocycles. The fourth-order valence-corrected chi connectivity index (χ4v) is 5.00. The number of rotatable bonds is 5. The molecule has 4 rings (SSSR count). The predicted molar refractivity (Wildman–Crippen MR) is 121 cm³/mol. The summed E-state index contributed by atoms with van der Waals surface area (Å²) in [7, 11) is 0. The van der Waals surface area contributed by atoms with Gasteiger partial charge in [-0.3, -0.25) is 9.36 Å². The fourth-order valence-electron chi connectivity index (χ4n) is 4.22. The van der Waals surface area contributed by atoms with Crippen LogP contribution in [0.3, 0.4) is 0 Å². The maximum Gasteiger partial charge on any atom is 0.260 e. The number of nitrogens with zero attached hydrogens (tertiary/aromatic N) is 3. The molecule has 0 N–H and O–H groups in total. The highest BCUT2D eigenvalue weighted by Gasteiger charge is 2.52. The van der Waals surface area contributed by atoms with E-state index in [1.807, 2.05) is 25.3 Å². The normalized spacial score (nSPS) is 18.4. The van der Waals surface area contributed by atoms with Crippen molar-refractivity contribution in [3.8, 4) is 0 Å². The first-order valence-electron chi connectivity index (χ1n) is 9.45. The van der Waals surface area contributed by atoms with Crippen LogP contribution >= 0.6 is 39.1 Å². The maximum atomic E-state index is 14.0. The number of amides is 1. The summed E-state index contributed by atoms with van der Waals surface area (Å²) in [5.74, 6) is 0.600. The van der Waals surface area contributed by atoms with Crippen LogP contribution < -0.4 is 4.90 Å². The zero-order valence-corrected chi connectivity index (χ0v) is 19.2. The van der Waals surface area contributed by atoms with Gasteiger partial charge in [0.2, 0.25) is 5.95 Å². The van der Waals surface area contributed by atoms with Crippen molar-refractivity contribution in [3.05, 3.63) is 74.4 Å². The lowest BCUT2D eigenvalue weighted by atomic mass is 9.85. The van der Waals surface area contributed by atoms with Crippen molar-refractivity contribution in [2.75, 3.05) is 4.90 Å². The van der Waals surface area contributed by atoms with Crippen molar-refractivity contribution in [1.29, 1.82) is 0 Å². The molecule has 29 heavy (non-hydrogen) atoms. The van der Waals surface area contributed by atoms with Gasteiger partial charge in [0.25, 0.3) is 5.91 Å². The molecule has 2 aromatic carbocycles. The number of aryl methyl sites for hydroxylation is 1. The first-order chi connectivity index (χ1) is 13.9. The van der Waals surface area contributed by atoms with E-state index in [4.69, 9.17) is 23.2 Å². The average molecular weight is 493 g/mol. The summed E-state index contributed by atoms with van der Waals surface area (Å²) in [4.78, 5) is 20.2. The van der Waals surface area contributed by atoms with Crippen LogP contribution in [0.15, 0.2) is 53.1 Å². The van der Waals surface area contributed by atoms with Gasteiger partial charge in [0.05, 0.1) is 11.9 Å². The second-order valence-electron chi connectivity index (χ2n) is 7.39. The summed E-state index contributed by atoms with van der Waals surface area (Å²) < 4.78 is 3.09. The Bertz CT molecular complexity index is 1060. The van der Waals surface area contributed by atoms with Crippen LogP contribution in [0.4, 0.5) is 11.6 Å². The Morgan fingerprint density at radius 3 is 2.38 bits per heavy atom. The third-order valence-electron chi connectivity index (χ3n) is 5.33. The standard InChI is InChI=1S/C22H20BrCl2N3O/c1-3-8-22(12-15-4-6-16(23)7-5-15)20(29)27(21-26-13-14(2)28(21)22)19-10-17(24)9-18(25)11-19/h4-7,9-11,13H,3,8,12H2,1-2H3. The second-order valence-corrected chi connectivity index (χ2v) is 9.18. The molecule has 0 radical (unpaired) electrons. The molecule has 4 nitrogen and oxygen atoms in total. The van der Waals surface area contributed by atoms with E-state index in [1.165, 1.54) is 0 Å². The monoisotopic (exact) mass is 491 g/mol. The van der Waals surface area contributed by atoms with Crippen LogP contribution in [-0.4, -0.2) is 15.5 Å². The Morgan fingerprint density at radius 2 is 1.76 bits per heavy atom. The Hall–Kier alpha value is -1.82. The van der Waals surface area contributed by atoms with Crippen LogP contribution in [0.5, 0.6) is 0 Å². The zero-order valence-electron chi connectivity index (χ0n) is 16.1. The van der Waals surface area contributed by atoms with E-state index in [1.54, 1.807) is 23.1 Å². The number of halogens is 3. The molecule has 0 aliphatic carbocycles. The highest BCUT2D eigenvalue weighted by molar-refractivity contribution is 9.10. The number of hydrogen-bond donors (Lipinski definition) is 0. The van der Waals surface area contributed by atoms with Crippen molar-refractivity contribution in [1.82, 2.24) is 9.55 Å². The Labute approximate surface area is 188 Å². The molecule has 1 aliphatic heterocycles. The van der Waals surface area contributed by atoms with E-state index in [0.29, 0.717) is 34.5 Å². The van der Waals surface area contributed by atoms with Crippen molar-refractivity contribution >= 4 is 56.7 Å². The number of aromatic nitrogens is 2. The minimum absolute atomic E-state index is 0.00759. The Balaban J connectivity index is 1.88. The lowest BCUT2D eigenvalue weighted by Gasteiger charge is -2.30. The molecule has 3 aromatic rings.